The van der Waals surface area contributed by atoms with Crippen molar-refractivity contribution in [1.29, 1.82) is 0 Å². The number of halogens is 1. The summed E-state index contributed by atoms with van der Waals surface area (Å²) in [5, 5.41) is 1.09. The quantitative estimate of drug-likeness (QED) is 0.728. The molecule has 0 spiro atoms. The van der Waals surface area contributed by atoms with Crippen LogP contribution in [0.2, 0.25) is 0 Å². The van der Waals surface area contributed by atoms with E-state index in [0.717, 1.165) is 11.4 Å². The maximum Gasteiger partial charge on any atom is 0.0195 e. The van der Waals surface area contributed by atoms with Gasteiger partial charge in [0.1, 0.15) is 0 Å². The van der Waals surface area contributed by atoms with Crippen LogP contribution in [-0.2, 0) is 0 Å². The van der Waals surface area contributed by atoms with E-state index < -0.39 is 0 Å². The van der Waals surface area contributed by atoms with Crippen LogP contribution in [0.5, 0.6) is 0 Å². The van der Waals surface area contributed by atoms with Crippen molar-refractivity contribution < 1.29 is 0 Å². The Morgan fingerprint density at radius 2 is 2.00 bits per heavy atom. The molecule has 1 aliphatic heterocycles. The van der Waals surface area contributed by atoms with Crippen molar-refractivity contribution in [3.63, 3.8) is 0 Å². The van der Waals surface area contributed by atoms with Crippen molar-refractivity contribution in [2.75, 3.05) is 38.1 Å². The fourth-order valence-electron chi connectivity index (χ4n) is 2.33. The predicted octanol–water partition coefficient (Wildman–Crippen LogP) is 2.43. The standard InChI is InChI=1S/C12H25BrN2/c1-5-15-7-6-14(8-11(15)2)10-12(3,4)9-13/h11H,5-10H2,1-4H3. The number of hydrogen-bond acceptors (Lipinski definition) is 2. The monoisotopic (exact) mass is 276 g/mol. The van der Waals surface area contributed by atoms with E-state index in [1.165, 1.54) is 32.7 Å². The zero-order valence-corrected chi connectivity index (χ0v) is 12.2. The van der Waals surface area contributed by atoms with Gasteiger partial charge in [0.25, 0.3) is 0 Å². The topological polar surface area (TPSA) is 6.48 Å². The summed E-state index contributed by atoms with van der Waals surface area (Å²) in [5.74, 6) is 0. The number of nitrogens with zero attached hydrogens (tertiary/aromatic N) is 2. The molecule has 0 bridgehead atoms. The van der Waals surface area contributed by atoms with E-state index in [-0.39, 0.29) is 0 Å². The third-order valence-electron chi connectivity index (χ3n) is 3.27. The number of rotatable bonds is 4. The summed E-state index contributed by atoms with van der Waals surface area (Å²) >= 11 is 3.60. The van der Waals surface area contributed by atoms with Gasteiger partial charge in [0, 0.05) is 37.6 Å². The molecule has 1 fully saturated rings. The van der Waals surface area contributed by atoms with Gasteiger partial charge in [0.2, 0.25) is 0 Å². The summed E-state index contributed by atoms with van der Waals surface area (Å²) in [5.41, 5.74) is 0.397. The number of hydrogen-bond donors (Lipinski definition) is 0. The summed E-state index contributed by atoms with van der Waals surface area (Å²) in [6.07, 6.45) is 0. The molecule has 2 nitrogen and oxygen atoms in total. The normalized spacial score (nSPS) is 25.8. The van der Waals surface area contributed by atoms with Crippen LogP contribution in [0.4, 0.5) is 0 Å². The van der Waals surface area contributed by atoms with Gasteiger partial charge in [-0.1, -0.05) is 36.7 Å². The van der Waals surface area contributed by atoms with E-state index in [0.29, 0.717) is 5.41 Å². The lowest BCUT2D eigenvalue weighted by Crippen LogP contribution is -2.53. The lowest BCUT2D eigenvalue weighted by atomic mass is 9.95. The fraction of sp³-hybridized carbons (Fsp3) is 1.00. The Kier molecular flexibility index (Phi) is 5.07. The van der Waals surface area contributed by atoms with Gasteiger partial charge in [-0.05, 0) is 18.9 Å². The molecule has 0 saturated carbocycles. The van der Waals surface area contributed by atoms with Crippen molar-refractivity contribution in [2.45, 2.75) is 33.7 Å². The van der Waals surface area contributed by atoms with Crippen LogP contribution >= 0.6 is 15.9 Å². The zero-order chi connectivity index (χ0) is 11.5. The highest BCUT2D eigenvalue weighted by molar-refractivity contribution is 9.09. The van der Waals surface area contributed by atoms with E-state index in [2.05, 4.69) is 53.4 Å². The second-order valence-corrected chi connectivity index (χ2v) is 6.07. The summed E-state index contributed by atoms with van der Waals surface area (Å²) in [6, 6.07) is 0.717. The van der Waals surface area contributed by atoms with E-state index in [1.54, 1.807) is 0 Å². The summed E-state index contributed by atoms with van der Waals surface area (Å²) in [4.78, 5) is 5.18. The molecular formula is C12H25BrN2. The van der Waals surface area contributed by atoms with Gasteiger partial charge in [0.15, 0.2) is 0 Å². The average Bonchev–Trinajstić information content (AvgIpc) is 2.17. The minimum absolute atomic E-state index is 0.397. The highest BCUT2D eigenvalue weighted by Gasteiger charge is 2.26. The second-order valence-electron chi connectivity index (χ2n) is 5.51. The molecule has 0 N–H and O–H groups in total. The molecule has 0 amide bonds. The summed E-state index contributed by atoms with van der Waals surface area (Å²) < 4.78 is 0. The first-order valence-corrected chi connectivity index (χ1v) is 7.13. The van der Waals surface area contributed by atoms with Crippen LogP contribution in [0.15, 0.2) is 0 Å². The highest BCUT2D eigenvalue weighted by Crippen LogP contribution is 2.21. The van der Waals surface area contributed by atoms with E-state index in [9.17, 15) is 0 Å². The Balaban J connectivity index is 2.41. The van der Waals surface area contributed by atoms with Gasteiger partial charge in [-0.2, -0.15) is 0 Å². The molecule has 1 unspecified atom stereocenters. The first kappa shape index (κ1) is 13.5. The fourth-order valence-corrected chi connectivity index (χ4v) is 2.51. The molecule has 1 aliphatic rings. The molecule has 0 radical (unpaired) electrons. The van der Waals surface area contributed by atoms with Crippen molar-refractivity contribution >= 4 is 15.9 Å². The lowest BCUT2D eigenvalue weighted by molar-refractivity contribution is 0.0673. The number of alkyl halides is 1. The van der Waals surface area contributed by atoms with Crippen molar-refractivity contribution in [1.82, 2.24) is 9.80 Å². The van der Waals surface area contributed by atoms with Gasteiger partial charge in [-0.15, -0.1) is 0 Å². The molecule has 1 saturated heterocycles. The molecular weight excluding hydrogens is 252 g/mol. The van der Waals surface area contributed by atoms with Crippen molar-refractivity contribution in [3.8, 4) is 0 Å². The smallest absolute Gasteiger partial charge is 0.0195 e. The van der Waals surface area contributed by atoms with Gasteiger partial charge in [0.05, 0.1) is 0 Å². The molecule has 0 aromatic heterocycles. The molecule has 0 aliphatic carbocycles. The third kappa shape index (κ3) is 4.04. The molecule has 1 atom stereocenters. The van der Waals surface area contributed by atoms with Crippen molar-refractivity contribution in [3.05, 3.63) is 0 Å². The molecule has 0 aromatic rings. The molecule has 1 rings (SSSR count). The number of piperazine rings is 1. The molecule has 90 valence electrons. The Hall–Kier alpha value is 0.400. The van der Waals surface area contributed by atoms with Crippen LogP contribution < -0.4 is 0 Å². The van der Waals surface area contributed by atoms with Crippen LogP contribution in [-0.4, -0.2) is 53.9 Å². The van der Waals surface area contributed by atoms with E-state index in [1.807, 2.05) is 0 Å². The van der Waals surface area contributed by atoms with Gasteiger partial charge in [-0.25, -0.2) is 0 Å². The van der Waals surface area contributed by atoms with Gasteiger partial charge < -0.3 is 0 Å². The second kappa shape index (κ2) is 5.65. The van der Waals surface area contributed by atoms with Crippen LogP contribution in [0, 0.1) is 5.41 Å². The Labute approximate surface area is 103 Å². The largest absolute Gasteiger partial charge is 0.300 e. The molecule has 15 heavy (non-hydrogen) atoms. The minimum Gasteiger partial charge on any atom is -0.300 e. The maximum absolute atomic E-state index is 3.60. The van der Waals surface area contributed by atoms with Gasteiger partial charge >= 0.3 is 0 Å². The maximum atomic E-state index is 3.60. The average molecular weight is 277 g/mol. The Morgan fingerprint density at radius 1 is 1.33 bits per heavy atom. The van der Waals surface area contributed by atoms with Crippen LogP contribution in [0.1, 0.15) is 27.7 Å². The zero-order valence-electron chi connectivity index (χ0n) is 10.6. The van der Waals surface area contributed by atoms with E-state index >= 15 is 0 Å². The first-order valence-electron chi connectivity index (χ1n) is 6.01. The lowest BCUT2D eigenvalue weighted by Gasteiger charge is -2.42. The predicted molar refractivity (Wildman–Crippen MR) is 70.7 cm³/mol. The molecule has 3 heteroatoms. The molecule has 1 heterocycles. The summed E-state index contributed by atoms with van der Waals surface area (Å²) in [6.45, 7) is 15.4. The van der Waals surface area contributed by atoms with E-state index in [4.69, 9.17) is 0 Å². The molecule has 0 aromatic carbocycles. The Morgan fingerprint density at radius 3 is 2.47 bits per heavy atom. The van der Waals surface area contributed by atoms with Gasteiger partial charge in [-0.3, -0.25) is 9.80 Å². The minimum atomic E-state index is 0.397. The first-order chi connectivity index (χ1) is 6.98. The highest BCUT2D eigenvalue weighted by atomic mass is 79.9. The SMILES string of the molecule is CCN1CCN(CC(C)(C)CBr)CC1C. The Bertz CT molecular complexity index is 194. The summed E-state index contributed by atoms with van der Waals surface area (Å²) in [7, 11) is 0. The number of likely N-dealkylation sites (N-methyl/N-ethyl adjacent to an activating group) is 1. The van der Waals surface area contributed by atoms with Crippen LogP contribution in [0.25, 0.3) is 0 Å². The van der Waals surface area contributed by atoms with Crippen LogP contribution in [0.3, 0.4) is 0 Å². The van der Waals surface area contributed by atoms with Crippen molar-refractivity contribution in [2.24, 2.45) is 5.41 Å². The third-order valence-corrected chi connectivity index (χ3v) is 4.79.